The lowest BCUT2D eigenvalue weighted by molar-refractivity contribution is 0.417. The molecule has 0 N–H and O–H groups in total. The minimum Gasteiger partial charge on any atom is -0.493 e. The van der Waals surface area contributed by atoms with Gasteiger partial charge < -0.3 is 4.74 Å². The van der Waals surface area contributed by atoms with E-state index in [1.165, 1.54) is 11.9 Å². The van der Waals surface area contributed by atoms with Gasteiger partial charge in [0.25, 0.3) is 0 Å². The van der Waals surface area contributed by atoms with Crippen molar-refractivity contribution in [3.05, 3.63) is 72.1 Å². The minimum atomic E-state index is 0.624. The van der Waals surface area contributed by atoms with Gasteiger partial charge in [0.05, 0.1) is 24.4 Å². The molecular weight excluding hydrogens is 324 g/mol. The lowest BCUT2D eigenvalue weighted by atomic mass is 9.97. The third-order valence-electron chi connectivity index (χ3n) is 4.38. The number of fused-ring (bicyclic) bond motifs is 1. The van der Waals surface area contributed by atoms with Crippen LogP contribution in [-0.4, -0.2) is 21.7 Å². The number of aryl methyl sites for hydroxylation is 1. The Hall–Kier alpha value is -3.65. The fraction of sp³-hybridized carbons (Fsp3) is 0.0952. The molecule has 0 spiro atoms. The van der Waals surface area contributed by atoms with Gasteiger partial charge in [0, 0.05) is 11.1 Å². The molecule has 0 saturated carbocycles. The fourth-order valence-electron chi connectivity index (χ4n) is 3.04. The summed E-state index contributed by atoms with van der Waals surface area (Å²) < 4.78 is 7.33. The molecule has 2 heterocycles. The van der Waals surface area contributed by atoms with Gasteiger partial charge in [0.2, 0.25) is 0 Å². The quantitative estimate of drug-likeness (QED) is 0.559. The van der Waals surface area contributed by atoms with Crippen LogP contribution < -0.4 is 4.74 Å². The van der Waals surface area contributed by atoms with Gasteiger partial charge in [-0.3, -0.25) is 0 Å². The highest BCUT2D eigenvalue weighted by atomic mass is 16.5. The summed E-state index contributed by atoms with van der Waals surface area (Å²) in [5.74, 6) is 0.651. The highest BCUT2D eigenvalue weighted by Crippen LogP contribution is 2.36. The summed E-state index contributed by atoms with van der Waals surface area (Å²) in [5.41, 5.74) is 6.40. The number of nitrogens with zero attached hydrogens (tertiary/aromatic N) is 4. The summed E-state index contributed by atoms with van der Waals surface area (Å²) in [5, 5.41) is 13.5. The fourth-order valence-corrected chi connectivity index (χ4v) is 3.04. The average molecular weight is 340 g/mol. The first-order valence-electron chi connectivity index (χ1n) is 8.19. The number of methoxy groups -OCH3 is 1. The number of hydrogen-bond donors (Lipinski definition) is 0. The molecule has 0 radical (unpaired) electrons. The molecule has 0 aliphatic heterocycles. The Labute approximate surface area is 151 Å². The van der Waals surface area contributed by atoms with E-state index < -0.39 is 0 Å². The van der Waals surface area contributed by atoms with Crippen molar-refractivity contribution in [1.29, 1.82) is 5.26 Å². The Bertz CT molecular complexity index is 1120. The van der Waals surface area contributed by atoms with E-state index in [0.29, 0.717) is 17.0 Å². The molecule has 4 rings (SSSR count). The zero-order valence-electron chi connectivity index (χ0n) is 14.5. The van der Waals surface area contributed by atoms with Crippen molar-refractivity contribution in [2.24, 2.45) is 0 Å². The Morgan fingerprint density at radius 2 is 1.69 bits per heavy atom. The van der Waals surface area contributed by atoms with Crippen molar-refractivity contribution in [1.82, 2.24) is 14.6 Å². The van der Waals surface area contributed by atoms with Crippen molar-refractivity contribution in [2.45, 2.75) is 6.92 Å². The summed E-state index contributed by atoms with van der Waals surface area (Å²) in [6, 6.07) is 19.9. The maximum Gasteiger partial charge on any atom is 0.198 e. The first-order chi connectivity index (χ1) is 12.7. The second kappa shape index (κ2) is 6.34. The van der Waals surface area contributed by atoms with E-state index in [2.05, 4.69) is 47.3 Å². The van der Waals surface area contributed by atoms with Gasteiger partial charge in [-0.2, -0.15) is 10.4 Å². The Morgan fingerprint density at radius 1 is 1.00 bits per heavy atom. The number of aromatic nitrogens is 3. The topological polar surface area (TPSA) is 63.2 Å². The molecule has 26 heavy (non-hydrogen) atoms. The van der Waals surface area contributed by atoms with Crippen molar-refractivity contribution >= 4 is 5.65 Å². The lowest BCUT2D eigenvalue weighted by Crippen LogP contribution is -2.00. The number of rotatable bonds is 3. The van der Waals surface area contributed by atoms with E-state index in [-0.39, 0.29) is 0 Å². The molecule has 2 aromatic heterocycles. The van der Waals surface area contributed by atoms with Crippen LogP contribution in [0.2, 0.25) is 0 Å². The predicted molar refractivity (Wildman–Crippen MR) is 99.9 cm³/mol. The highest BCUT2D eigenvalue weighted by Gasteiger charge is 2.17. The molecule has 0 aliphatic carbocycles. The van der Waals surface area contributed by atoms with Gasteiger partial charge in [-0.25, -0.2) is 9.50 Å². The molecule has 0 amide bonds. The SMILES string of the molecule is COc1cc(-c2ccc(C#N)cc2)c(-c2ccc(C)cc2)n2ncnc12. The third kappa shape index (κ3) is 2.58. The molecule has 0 aliphatic rings. The number of hydrogen-bond acceptors (Lipinski definition) is 4. The molecule has 0 fully saturated rings. The van der Waals surface area contributed by atoms with Crippen molar-refractivity contribution < 1.29 is 4.74 Å². The van der Waals surface area contributed by atoms with E-state index in [0.717, 1.165) is 22.4 Å². The van der Waals surface area contributed by atoms with Gasteiger partial charge >= 0.3 is 0 Å². The molecule has 2 aromatic carbocycles. The van der Waals surface area contributed by atoms with Gasteiger partial charge in [0.1, 0.15) is 6.33 Å². The summed E-state index contributed by atoms with van der Waals surface area (Å²) in [7, 11) is 1.62. The van der Waals surface area contributed by atoms with E-state index >= 15 is 0 Å². The maximum atomic E-state index is 9.06. The van der Waals surface area contributed by atoms with Gasteiger partial charge in [-0.15, -0.1) is 0 Å². The van der Waals surface area contributed by atoms with E-state index in [1.54, 1.807) is 11.6 Å². The number of pyridine rings is 1. The largest absolute Gasteiger partial charge is 0.493 e. The zero-order chi connectivity index (χ0) is 18.1. The maximum absolute atomic E-state index is 9.06. The van der Waals surface area contributed by atoms with Crippen molar-refractivity contribution in [2.75, 3.05) is 7.11 Å². The molecule has 0 bridgehead atoms. The highest BCUT2D eigenvalue weighted by molar-refractivity contribution is 5.85. The predicted octanol–water partition coefficient (Wildman–Crippen LogP) is 4.25. The van der Waals surface area contributed by atoms with Gasteiger partial charge in [-0.1, -0.05) is 42.0 Å². The van der Waals surface area contributed by atoms with Crippen LogP contribution in [0.1, 0.15) is 11.1 Å². The molecule has 5 nitrogen and oxygen atoms in total. The van der Waals surface area contributed by atoms with Gasteiger partial charge in [-0.05, 0) is 30.7 Å². The summed E-state index contributed by atoms with van der Waals surface area (Å²) in [6.07, 6.45) is 1.53. The normalized spacial score (nSPS) is 10.7. The average Bonchev–Trinajstić information content (AvgIpc) is 3.17. The first-order valence-corrected chi connectivity index (χ1v) is 8.19. The zero-order valence-corrected chi connectivity index (χ0v) is 14.5. The number of benzene rings is 2. The third-order valence-corrected chi connectivity index (χ3v) is 4.38. The van der Waals surface area contributed by atoms with E-state index in [1.807, 2.05) is 30.3 Å². The number of ether oxygens (including phenoxy) is 1. The molecular formula is C21H16N4O. The lowest BCUT2D eigenvalue weighted by Gasteiger charge is -2.15. The Kier molecular flexibility index (Phi) is 3.86. The van der Waals surface area contributed by atoms with Gasteiger partial charge in [0.15, 0.2) is 11.4 Å². The van der Waals surface area contributed by atoms with Crippen LogP contribution in [0.4, 0.5) is 0 Å². The van der Waals surface area contributed by atoms with Crippen LogP contribution in [0.15, 0.2) is 60.9 Å². The summed E-state index contributed by atoms with van der Waals surface area (Å²) in [4.78, 5) is 4.34. The second-order valence-electron chi connectivity index (χ2n) is 6.03. The van der Waals surface area contributed by atoms with E-state index in [9.17, 15) is 0 Å². The standard InChI is InChI=1S/C21H16N4O/c1-14-3-7-17(8-4-14)20-18(16-9-5-15(12-22)6-10-16)11-19(26-2)21-23-13-24-25(20)21/h3-11,13H,1-2H3. The monoisotopic (exact) mass is 340 g/mol. The molecule has 0 unspecified atom stereocenters. The van der Waals surface area contributed by atoms with E-state index in [4.69, 9.17) is 10.00 Å². The summed E-state index contributed by atoms with van der Waals surface area (Å²) >= 11 is 0. The van der Waals surface area contributed by atoms with Crippen LogP contribution >= 0.6 is 0 Å². The van der Waals surface area contributed by atoms with Crippen LogP contribution in [0, 0.1) is 18.3 Å². The molecule has 5 heteroatoms. The van der Waals surface area contributed by atoms with Crippen LogP contribution in [0.3, 0.4) is 0 Å². The molecule has 0 atom stereocenters. The summed E-state index contributed by atoms with van der Waals surface area (Å²) in [6.45, 7) is 2.06. The Balaban J connectivity index is 2.05. The second-order valence-corrected chi connectivity index (χ2v) is 6.03. The van der Waals surface area contributed by atoms with Crippen LogP contribution in [-0.2, 0) is 0 Å². The molecule has 4 aromatic rings. The van der Waals surface area contributed by atoms with Crippen LogP contribution in [0.25, 0.3) is 28.0 Å². The van der Waals surface area contributed by atoms with Crippen molar-refractivity contribution in [3.63, 3.8) is 0 Å². The smallest absolute Gasteiger partial charge is 0.198 e. The first kappa shape index (κ1) is 15.9. The molecule has 0 saturated heterocycles. The van der Waals surface area contributed by atoms with Crippen molar-refractivity contribution in [3.8, 4) is 34.2 Å². The van der Waals surface area contributed by atoms with Crippen LogP contribution in [0.5, 0.6) is 5.75 Å². The minimum absolute atomic E-state index is 0.624. The number of nitriles is 1. The Morgan fingerprint density at radius 3 is 2.35 bits per heavy atom. The molecule has 126 valence electrons.